The molecule has 0 radical (unpaired) electrons. The fraction of sp³-hybridized carbons (Fsp3) is 0.529. The summed E-state index contributed by atoms with van der Waals surface area (Å²) < 4.78 is 5.46. The lowest BCUT2D eigenvalue weighted by atomic mass is 10.0. The van der Waals surface area contributed by atoms with Gasteiger partial charge in [-0.2, -0.15) is 0 Å². The zero-order chi connectivity index (χ0) is 16.7. The van der Waals surface area contributed by atoms with Crippen LogP contribution < -0.4 is 10.1 Å². The zero-order valence-corrected chi connectivity index (χ0v) is 14.1. The van der Waals surface area contributed by atoms with Crippen LogP contribution in [-0.2, 0) is 9.59 Å². The third-order valence-electron chi connectivity index (χ3n) is 3.14. The van der Waals surface area contributed by atoms with Gasteiger partial charge < -0.3 is 15.0 Å². The van der Waals surface area contributed by atoms with Gasteiger partial charge in [0.05, 0.1) is 0 Å². The first-order chi connectivity index (χ1) is 10.3. The maximum absolute atomic E-state index is 12.1. The van der Waals surface area contributed by atoms with E-state index < -0.39 is 6.04 Å². The number of ether oxygens (including phenoxy) is 1. The Morgan fingerprint density at radius 3 is 2.50 bits per heavy atom. The van der Waals surface area contributed by atoms with Crippen molar-refractivity contribution in [1.82, 2.24) is 10.2 Å². The summed E-state index contributed by atoms with van der Waals surface area (Å²) in [5.74, 6) is 0.571. The van der Waals surface area contributed by atoms with Crippen LogP contribution in [0.4, 0.5) is 0 Å². The molecule has 5 heteroatoms. The van der Waals surface area contributed by atoms with Crippen molar-refractivity contribution in [2.24, 2.45) is 5.92 Å². The Labute approximate surface area is 132 Å². The summed E-state index contributed by atoms with van der Waals surface area (Å²) >= 11 is 0. The van der Waals surface area contributed by atoms with Crippen molar-refractivity contribution < 1.29 is 14.3 Å². The standard InChI is InChI=1S/C17H26N2O3/c1-12(2)9-15(17(21)19(4)5)18-16(20)11-22-14-8-6-7-13(3)10-14/h6-8,10,12,15H,9,11H2,1-5H3,(H,18,20). The van der Waals surface area contributed by atoms with Crippen LogP contribution in [0.5, 0.6) is 5.75 Å². The highest BCUT2D eigenvalue weighted by Gasteiger charge is 2.23. The molecule has 0 aliphatic carbocycles. The molecular weight excluding hydrogens is 280 g/mol. The molecule has 0 bridgehead atoms. The highest BCUT2D eigenvalue weighted by Crippen LogP contribution is 2.12. The van der Waals surface area contributed by atoms with Gasteiger partial charge in [-0.15, -0.1) is 0 Å². The molecule has 0 heterocycles. The number of nitrogens with one attached hydrogen (secondary N) is 1. The van der Waals surface area contributed by atoms with E-state index in [1.54, 1.807) is 20.2 Å². The molecule has 1 atom stereocenters. The second-order valence-electron chi connectivity index (χ2n) is 6.09. The molecule has 1 unspecified atom stereocenters. The minimum atomic E-state index is -0.511. The summed E-state index contributed by atoms with van der Waals surface area (Å²) in [6, 6.07) is 6.99. The number of amides is 2. The quantitative estimate of drug-likeness (QED) is 0.838. The molecule has 0 aliphatic rings. The minimum Gasteiger partial charge on any atom is -0.484 e. The molecule has 0 saturated heterocycles. The average molecular weight is 306 g/mol. The average Bonchev–Trinajstić information content (AvgIpc) is 2.43. The van der Waals surface area contributed by atoms with Gasteiger partial charge in [0.1, 0.15) is 11.8 Å². The first kappa shape index (κ1) is 18.0. The fourth-order valence-electron chi connectivity index (χ4n) is 2.09. The molecule has 0 aliphatic heterocycles. The van der Waals surface area contributed by atoms with E-state index in [1.165, 1.54) is 4.90 Å². The molecule has 1 aromatic rings. The number of likely N-dealkylation sites (N-methyl/N-ethyl adjacent to an activating group) is 1. The first-order valence-corrected chi connectivity index (χ1v) is 7.49. The molecule has 2 amide bonds. The zero-order valence-electron chi connectivity index (χ0n) is 14.1. The van der Waals surface area contributed by atoms with Crippen LogP contribution in [0, 0.1) is 12.8 Å². The highest BCUT2D eigenvalue weighted by molar-refractivity contribution is 5.87. The molecule has 1 N–H and O–H groups in total. The van der Waals surface area contributed by atoms with Gasteiger partial charge in [0.25, 0.3) is 5.91 Å². The van der Waals surface area contributed by atoms with E-state index >= 15 is 0 Å². The summed E-state index contributed by atoms with van der Waals surface area (Å²) in [6.45, 7) is 5.90. The number of rotatable bonds is 7. The van der Waals surface area contributed by atoms with Gasteiger partial charge in [-0.05, 0) is 37.0 Å². The topological polar surface area (TPSA) is 58.6 Å². The second-order valence-corrected chi connectivity index (χ2v) is 6.09. The van der Waals surface area contributed by atoms with E-state index in [0.717, 1.165) is 5.56 Å². The smallest absolute Gasteiger partial charge is 0.258 e. The largest absolute Gasteiger partial charge is 0.484 e. The van der Waals surface area contributed by atoms with E-state index in [9.17, 15) is 9.59 Å². The normalized spacial score (nSPS) is 11.9. The number of nitrogens with zero attached hydrogens (tertiary/aromatic N) is 1. The van der Waals surface area contributed by atoms with Crippen LogP contribution in [0.2, 0.25) is 0 Å². The van der Waals surface area contributed by atoms with Crippen LogP contribution in [0.3, 0.4) is 0 Å². The molecule has 0 spiro atoms. The van der Waals surface area contributed by atoms with E-state index in [-0.39, 0.29) is 18.4 Å². The maximum Gasteiger partial charge on any atom is 0.258 e. The number of aryl methyl sites for hydroxylation is 1. The molecule has 1 aromatic carbocycles. The van der Waals surface area contributed by atoms with Crippen LogP contribution >= 0.6 is 0 Å². The van der Waals surface area contributed by atoms with Crippen LogP contribution in [0.1, 0.15) is 25.8 Å². The van der Waals surface area contributed by atoms with Crippen molar-refractivity contribution >= 4 is 11.8 Å². The lowest BCUT2D eigenvalue weighted by molar-refractivity contribution is -0.135. The second kappa shape index (κ2) is 8.41. The Kier molecular flexibility index (Phi) is 6.89. The minimum absolute atomic E-state index is 0.0985. The third-order valence-corrected chi connectivity index (χ3v) is 3.14. The summed E-state index contributed by atoms with van der Waals surface area (Å²) in [4.78, 5) is 25.6. The lowest BCUT2D eigenvalue weighted by Crippen LogP contribution is -2.48. The predicted molar refractivity (Wildman–Crippen MR) is 86.8 cm³/mol. The van der Waals surface area contributed by atoms with Gasteiger partial charge in [-0.1, -0.05) is 26.0 Å². The molecule has 0 fully saturated rings. The van der Waals surface area contributed by atoms with E-state index in [0.29, 0.717) is 18.1 Å². The summed E-state index contributed by atoms with van der Waals surface area (Å²) in [5.41, 5.74) is 1.07. The number of hydrogen-bond donors (Lipinski definition) is 1. The highest BCUT2D eigenvalue weighted by atomic mass is 16.5. The molecule has 22 heavy (non-hydrogen) atoms. The van der Waals surface area contributed by atoms with Gasteiger partial charge in [0, 0.05) is 14.1 Å². The first-order valence-electron chi connectivity index (χ1n) is 7.49. The SMILES string of the molecule is Cc1cccc(OCC(=O)NC(CC(C)C)C(=O)N(C)C)c1. The Hall–Kier alpha value is -2.04. The maximum atomic E-state index is 12.1. The van der Waals surface area contributed by atoms with E-state index in [4.69, 9.17) is 4.74 Å². The monoisotopic (exact) mass is 306 g/mol. The lowest BCUT2D eigenvalue weighted by Gasteiger charge is -2.23. The van der Waals surface area contributed by atoms with Crippen molar-refractivity contribution in [3.8, 4) is 5.75 Å². The van der Waals surface area contributed by atoms with Gasteiger partial charge >= 0.3 is 0 Å². The Bertz CT molecular complexity index is 512. The van der Waals surface area contributed by atoms with Gasteiger partial charge in [-0.25, -0.2) is 0 Å². The van der Waals surface area contributed by atoms with E-state index in [2.05, 4.69) is 5.32 Å². The van der Waals surface area contributed by atoms with Gasteiger partial charge in [0.15, 0.2) is 6.61 Å². The molecule has 5 nitrogen and oxygen atoms in total. The van der Waals surface area contributed by atoms with E-state index in [1.807, 2.05) is 39.0 Å². The van der Waals surface area contributed by atoms with Crippen LogP contribution in [0.25, 0.3) is 0 Å². The van der Waals surface area contributed by atoms with Crippen LogP contribution in [0.15, 0.2) is 24.3 Å². The molecule has 0 aromatic heterocycles. The number of benzene rings is 1. The summed E-state index contributed by atoms with van der Waals surface area (Å²) in [5, 5.41) is 2.76. The fourth-order valence-corrected chi connectivity index (χ4v) is 2.09. The third kappa shape index (κ3) is 6.16. The number of carbonyl (C=O) groups is 2. The molecule has 122 valence electrons. The Balaban J connectivity index is 2.57. The van der Waals surface area contributed by atoms with Crippen molar-refractivity contribution in [3.05, 3.63) is 29.8 Å². The van der Waals surface area contributed by atoms with Gasteiger partial charge in [-0.3, -0.25) is 9.59 Å². The van der Waals surface area contributed by atoms with Gasteiger partial charge in [0.2, 0.25) is 5.91 Å². The summed E-state index contributed by atoms with van der Waals surface area (Å²) in [7, 11) is 3.37. The molecular formula is C17H26N2O3. The van der Waals surface area contributed by atoms with Crippen molar-refractivity contribution in [2.75, 3.05) is 20.7 Å². The number of carbonyl (C=O) groups excluding carboxylic acids is 2. The van der Waals surface area contributed by atoms with Crippen molar-refractivity contribution in [3.63, 3.8) is 0 Å². The van der Waals surface area contributed by atoms with Crippen molar-refractivity contribution in [1.29, 1.82) is 0 Å². The summed E-state index contributed by atoms with van der Waals surface area (Å²) in [6.07, 6.45) is 0.604. The van der Waals surface area contributed by atoms with Crippen LogP contribution in [-0.4, -0.2) is 43.5 Å². The molecule has 0 saturated carbocycles. The molecule has 1 rings (SSSR count). The Morgan fingerprint density at radius 1 is 1.27 bits per heavy atom. The Morgan fingerprint density at radius 2 is 1.95 bits per heavy atom. The predicted octanol–water partition coefficient (Wildman–Crippen LogP) is 1.99. The number of hydrogen-bond acceptors (Lipinski definition) is 3. The van der Waals surface area contributed by atoms with Crippen molar-refractivity contribution in [2.45, 2.75) is 33.2 Å².